The van der Waals surface area contributed by atoms with E-state index >= 15 is 0 Å². The molecule has 0 saturated heterocycles. The molecule has 0 unspecified atom stereocenters. The lowest BCUT2D eigenvalue weighted by atomic mass is 9.63. The van der Waals surface area contributed by atoms with Gasteiger partial charge in [0.05, 0.1) is 5.41 Å². The highest BCUT2D eigenvalue weighted by atomic mass is 16.4. The number of carbonyl (C=O) groups is 1. The molecule has 2 nitrogen and oxygen atoms in total. The van der Waals surface area contributed by atoms with E-state index in [1.54, 1.807) is 0 Å². The summed E-state index contributed by atoms with van der Waals surface area (Å²) in [5.41, 5.74) is -0.0472. The Morgan fingerprint density at radius 1 is 1.12 bits per heavy atom. The topological polar surface area (TPSA) is 37.3 Å². The molecule has 0 atom stereocenters. The lowest BCUT2D eigenvalue weighted by Gasteiger charge is -2.41. The van der Waals surface area contributed by atoms with Gasteiger partial charge in [-0.25, -0.2) is 0 Å². The molecule has 1 saturated carbocycles. The number of rotatable bonds is 5. The van der Waals surface area contributed by atoms with Crippen LogP contribution in [-0.2, 0) is 4.79 Å². The van der Waals surface area contributed by atoms with Gasteiger partial charge in [0.1, 0.15) is 0 Å². The fourth-order valence-corrected chi connectivity index (χ4v) is 2.69. The van der Waals surface area contributed by atoms with Crippen LogP contribution in [0.1, 0.15) is 72.1 Å². The molecule has 0 aliphatic heterocycles. The number of aliphatic carboxylic acids is 1. The van der Waals surface area contributed by atoms with Gasteiger partial charge in [-0.15, -0.1) is 0 Å². The summed E-state index contributed by atoms with van der Waals surface area (Å²) in [7, 11) is 0. The van der Waals surface area contributed by atoms with Crippen LogP contribution in [-0.4, -0.2) is 11.1 Å². The van der Waals surface area contributed by atoms with Crippen molar-refractivity contribution in [2.45, 2.75) is 72.1 Å². The largest absolute Gasteiger partial charge is 0.481 e. The van der Waals surface area contributed by atoms with E-state index in [1.807, 2.05) is 0 Å². The van der Waals surface area contributed by atoms with Crippen molar-refractivity contribution in [3.8, 4) is 0 Å². The summed E-state index contributed by atoms with van der Waals surface area (Å²) in [6.07, 6.45) is 8.16. The van der Waals surface area contributed by atoms with Crippen LogP contribution in [0.4, 0.5) is 0 Å². The number of hydrogen-bond donors (Lipinski definition) is 1. The van der Waals surface area contributed by atoms with Crippen molar-refractivity contribution in [3.05, 3.63) is 0 Å². The molecule has 0 spiro atoms. The summed E-state index contributed by atoms with van der Waals surface area (Å²) in [6, 6.07) is 0. The van der Waals surface area contributed by atoms with Gasteiger partial charge in [0.15, 0.2) is 0 Å². The van der Waals surface area contributed by atoms with Crippen molar-refractivity contribution in [2.75, 3.05) is 0 Å². The predicted molar refractivity (Wildman–Crippen MR) is 66.5 cm³/mol. The van der Waals surface area contributed by atoms with Crippen LogP contribution in [0.5, 0.6) is 0 Å². The third kappa shape index (κ3) is 3.23. The highest BCUT2D eigenvalue weighted by Crippen LogP contribution is 2.47. The first kappa shape index (κ1) is 13.5. The van der Waals surface area contributed by atoms with E-state index in [4.69, 9.17) is 0 Å². The van der Waals surface area contributed by atoms with Crippen molar-refractivity contribution in [3.63, 3.8) is 0 Å². The molecular weight excluding hydrogens is 200 g/mol. The van der Waals surface area contributed by atoms with Gasteiger partial charge in [0.2, 0.25) is 0 Å². The summed E-state index contributed by atoms with van der Waals surface area (Å²) in [5, 5.41) is 9.46. The summed E-state index contributed by atoms with van der Waals surface area (Å²) in [6.45, 7) is 6.67. The van der Waals surface area contributed by atoms with Crippen LogP contribution in [0.2, 0.25) is 0 Å². The van der Waals surface area contributed by atoms with Crippen LogP contribution in [0.3, 0.4) is 0 Å². The van der Waals surface area contributed by atoms with Gasteiger partial charge < -0.3 is 5.11 Å². The predicted octanol–water partition coefficient (Wildman–Crippen LogP) is 4.24. The van der Waals surface area contributed by atoms with E-state index in [9.17, 15) is 9.90 Å². The minimum atomic E-state index is -0.556. The van der Waals surface area contributed by atoms with Crippen LogP contribution in [0, 0.1) is 10.8 Å². The van der Waals surface area contributed by atoms with E-state index in [0.717, 1.165) is 38.5 Å². The first-order valence-electron chi connectivity index (χ1n) is 6.65. The van der Waals surface area contributed by atoms with Gasteiger partial charge >= 0.3 is 5.97 Å². The lowest BCUT2D eigenvalue weighted by molar-refractivity contribution is -0.153. The highest BCUT2D eigenvalue weighted by Gasteiger charge is 2.43. The Hall–Kier alpha value is -0.530. The molecule has 0 aromatic rings. The highest BCUT2D eigenvalue weighted by molar-refractivity contribution is 5.74. The third-order valence-corrected chi connectivity index (χ3v) is 4.27. The molecule has 0 bridgehead atoms. The summed E-state index contributed by atoms with van der Waals surface area (Å²) >= 11 is 0. The fraction of sp³-hybridized carbons (Fsp3) is 0.929. The van der Waals surface area contributed by atoms with Crippen molar-refractivity contribution >= 4 is 5.97 Å². The molecule has 0 aromatic carbocycles. The van der Waals surface area contributed by atoms with E-state index < -0.39 is 11.4 Å². The van der Waals surface area contributed by atoms with Gasteiger partial charge in [0.25, 0.3) is 0 Å². The van der Waals surface area contributed by atoms with Crippen molar-refractivity contribution in [1.82, 2.24) is 0 Å². The Labute approximate surface area is 99.4 Å². The maximum atomic E-state index is 11.5. The normalized spacial score (nSPS) is 22.9. The molecule has 0 aromatic heterocycles. The molecule has 1 N–H and O–H groups in total. The van der Waals surface area contributed by atoms with Gasteiger partial charge in [-0.3, -0.25) is 4.79 Å². The molecule has 1 rings (SSSR count). The summed E-state index contributed by atoms with van der Waals surface area (Å²) < 4.78 is 0. The minimum Gasteiger partial charge on any atom is -0.481 e. The monoisotopic (exact) mass is 226 g/mol. The van der Waals surface area contributed by atoms with Crippen LogP contribution in [0.15, 0.2) is 0 Å². The van der Waals surface area contributed by atoms with Crippen LogP contribution >= 0.6 is 0 Å². The number of carboxylic acid groups (broad SMARTS) is 1. The lowest BCUT2D eigenvalue weighted by Crippen LogP contribution is -2.37. The second kappa shape index (κ2) is 5.20. The molecular formula is C14H26O2. The second-order valence-electron chi connectivity index (χ2n) is 6.21. The first-order valence-corrected chi connectivity index (χ1v) is 6.65. The van der Waals surface area contributed by atoms with Gasteiger partial charge in [0, 0.05) is 0 Å². The summed E-state index contributed by atoms with van der Waals surface area (Å²) in [4.78, 5) is 11.5. The molecule has 16 heavy (non-hydrogen) atoms. The molecule has 1 fully saturated rings. The third-order valence-electron chi connectivity index (χ3n) is 4.27. The van der Waals surface area contributed by atoms with Crippen LogP contribution in [0.25, 0.3) is 0 Å². The molecule has 94 valence electrons. The number of carboxylic acids is 1. The Morgan fingerprint density at radius 3 is 2.12 bits per heavy atom. The Balaban J connectivity index is 2.58. The van der Waals surface area contributed by atoms with Crippen molar-refractivity contribution in [1.29, 1.82) is 0 Å². The standard InChI is InChI=1S/C14H26O2/c1-4-5-6-7-14(12(15)16)10-8-13(2,3)9-11-14/h4-11H2,1-3H3,(H,15,16). The smallest absolute Gasteiger partial charge is 0.309 e. The fourth-order valence-electron chi connectivity index (χ4n) is 2.69. The maximum Gasteiger partial charge on any atom is 0.309 e. The van der Waals surface area contributed by atoms with E-state index in [-0.39, 0.29) is 0 Å². The van der Waals surface area contributed by atoms with Gasteiger partial charge in [-0.2, -0.15) is 0 Å². The zero-order chi connectivity index (χ0) is 12.2. The molecule has 0 heterocycles. The Morgan fingerprint density at radius 2 is 1.69 bits per heavy atom. The molecule has 1 aliphatic rings. The number of hydrogen-bond acceptors (Lipinski definition) is 1. The Kier molecular flexibility index (Phi) is 4.40. The summed E-state index contributed by atoms with van der Waals surface area (Å²) in [5.74, 6) is -0.556. The van der Waals surface area contributed by atoms with Gasteiger partial charge in [-0.1, -0.05) is 40.0 Å². The maximum absolute atomic E-state index is 11.5. The SMILES string of the molecule is CCCCCC1(C(=O)O)CCC(C)(C)CC1. The minimum absolute atomic E-state index is 0.351. The van der Waals surface area contributed by atoms with Gasteiger partial charge in [-0.05, 0) is 37.5 Å². The van der Waals surface area contributed by atoms with Crippen LogP contribution < -0.4 is 0 Å². The second-order valence-corrected chi connectivity index (χ2v) is 6.21. The molecule has 0 amide bonds. The molecule has 2 heteroatoms. The Bertz CT molecular complexity index is 233. The van der Waals surface area contributed by atoms with E-state index in [1.165, 1.54) is 12.8 Å². The van der Waals surface area contributed by atoms with E-state index in [0.29, 0.717) is 5.41 Å². The molecule has 0 radical (unpaired) electrons. The zero-order valence-electron chi connectivity index (χ0n) is 11.0. The van der Waals surface area contributed by atoms with Crippen molar-refractivity contribution in [2.24, 2.45) is 10.8 Å². The first-order chi connectivity index (χ1) is 7.42. The average molecular weight is 226 g/mol. The zero-order valence-corrected chi connectivity index (χ0v) is 11.0. The van der Waals surface area contributed by atoms with Crippen molar-refractivity contribution < 1.29 is 9.90 Å². The number of unbranched alkanes of at least 4 members (excludes halogenated alkanes) is 2. The van der Waals surface area contributed by atoms with E-state index in [2.05, 4.69) is 20.8 Å². The molecule has 1 aliphatic carbocycles. The quantitative estimate of drug-likeness (QED) is 0.712. The average Bonchev–Trinajstić information content (AvgIpc) is 2.21.